The van der Waals surface area contributed by atoms with Gasteiger partial charge in [-0.25, -0.2) is 4.98 Å². The first-order chi connectivity index (χ1) is 8.29. The fourth-order valence-electron chi connectivity index (χ4n) is 1.29. The predicted molar refractivity (Wildman–Crippen MR) is 61.8 cm³/mol. The number of nitrogens with two attached hydrogens (primary N) is 1. The summed E-state index contributed by atoms with van der Waals surface area (Å²) in [6, 6.07) is 3.24. The summed E-state index contributed by atoms with van der Waals surface area (Å²) in [5.41, 5.74) is 4.22. The zero-order valence-corrected chi connectivity index (χ0v) is 8.97. The lowest BCUT2D eigenvalue weighted by atomic mass is 10.3. The van der Waals surface area contributed by atoms with Crippen molar-refractivity contribution < 1.29 is 4.79 Å². The fourth-order valence-corrected chi connectivity index (χ4v) is 1.29. The van der Waals surface area contributed by atoms with Gasteiger partial charge >= 0.3 is 0 Å². The predicted octanol–water partition coefficient (Wildman–Crippen LogP) is 0.0203. The number of pyridine rings is 1. The highest BCUT2D eigenvalue weighted by molar-refractivity contribution is 5.92. The van der Waals surface area contributed by atoms with Gasteiger partial charge in [0.05, 0.1) is 24.3 Å². The molecule has 2 aromatic heterocycles. The average molecular weight is 232 g/mol. The Balaban J connectivity index is 1.99. The van der Waals surface area contributed by atoms with Crippen LogP contribution in [0.15, 0.2) is 30.9 Å². The number of H-pyrrole nitrogens is 1. The number of hydrogen-bond acceptors (Lipinski definition) is 5. The quantitative estimate of drug-likeness (QED) is 0.439. The van der Waals surface area contributed by atoms with Crippen molar-refractivity contribution in [2.24, 2.45) is 5.84 Å². The Hall–Kier alpha value is -2.41. The molecule has 0 saturated heterocycles. The lowest BCUT2D eigenvalue weighted by Crippen LogP contribution is -2.24. The van der Waals surface area contributed by atoms with Gasteiger partial charge in [0.2, 0.25) is 0 Å². The van der Waals surface area contributed by atoms with Gasteiger partial charge in [-0.2, -0.15) is 0 Å². The molecule has 0 aliphatic carbocycles. The molecule has 2 aromatic rings. The van der Waals surface area contributed by atoms with Crippen molar-refractivity contribution in [2.75, 3.05) is 5.43 Å². The Kier molecular flexibility index (Phi) is 3.31. The van der Waals surface area contributed by atoms with Crippen molar-refractivity contribution in [3.8, 4) is 0 Å². The van der Waals surface area contributed by atoms with Crippen LogP contribution < -0.4 is 16.6 Å². The second-order valence-corrected chi connectivity index (χ2v) is 3.33. The summed E-state index contributed by atoms with van der Waals surface area (Å²) in [7, 11) is 0. The van der Waals surface area contributed by atoms with Crippen LogP contribution in [0.4, 0.5) is 5.69 Å². The first kappa shape index (κ1) is 11.1. The average Bonchev–Trinajstić information content (AvgIpc) is 2.89. The first-order valence-corrected chi connectivity index (χ1v) is 4.97. The van der Waals surface area contributed by atoms with Crippen LogP contribution in [0.1, 0.15) is 16.2 Å². The van der Waals surface area contributed by atoms with E-state index in [0.29, 0.717) is 17.9 Å². The smallest absolute Gasteiger partial charge is 0.270 e. The molecule has 88 valence electrons. The molecule has 17 heavy (non-hydrogen) atoms. The zero-order chi connectivity index (χ0) is 12.1. The number of amides is 1. The Bertz CT molecular complexity index is 495. The number of hydrazine groups is 1. The second-order valence-electron chi connectivity index (χ2n) is 3.33. The molecular weight excluding hydrogens is 220 g/mol. The largest absolute Gasteiger partial charge is 0.347 e. The van der Waals surface area contributed by atoms with E-state index < -0.39 is 0 Å². The maximum absolute atomic E-state index is 11.7. The van der Waals surface area contributed by atoms with Gasteiger partial charge in [-0.05, 0) is 12.1 Å². The minimum Gasteiger partial charge on any atom is -0.347 e. The van der Waals surface area contributed by atoms with Crippen molar-refractivity contribution in [3.63, 3.8) is 0 Å². The molecule has 0 aromatic carbocycles. The number of rotatable bonds is 4. The van der Waals surface area contributed by atoms with Gasteiger partial charge in [0.25, 0.3) is 5.91 Å². The summed E-state index contributed by atoms with van der Waals surface area (Å²) in [5.74, 6) is 4.98. The molecule has 0 atom stereocenters. The van der Waals surface area contributed by atoms with Crippen LogP contribution in [0, 0.1) is 0 Å². The number of hydrogen-bond donors (Lipinski definition) is 4. The summed E-state index contributed by atoms with van der Waals surface area (Å²) >= 11 is 0. The molecule has 0 saturated carbocycles. The highest BCUT2D eigenvalue weighted by Crippen LogP contribution is 2.05. The van der Waals surface area contributed by atoms with Crippen LogP contribution in [-0.2, 0) is 6.54 Å². The van der Waals surface area contributed by atoms with Gasteiger partial charge in [0.1, 0.15) is 5.69 Å². The van der Waals surface area contributed by atoms with E-state index in [9.17, 15) is 4.79 Å². The van der Waals surface area contributed by atoms with E-state index in [0.717, 1.165) is 5.69 Å². The molecule has 2 rings (SSSR count). The first-order valence-electron chi connectivity index (χ1n) is 4.97. The van der Waals surface area contributed by atoms with Gasteiger partial charge in [-0.15, -0.1) is 0 Å². The fraction of sp³-hybridized carbons (Fsp3) is 0.100. The Morgan fingerprint density at radius 2 is 2.41 bits per heavy atom. The third-order valence-electron chi connectivity index (χ3n) is 2.15. The summed E-state index contributed by atoms with van der Waals surface area (Å²) < 4.78 is 0. The molecule has 0 bridgehead atoms. The van der Waals surface area contributed by atoms with E-state index >= 15 is 0 Å². The van der Waals surface area contributed by atoms with Crippen LogP contribution in [0.2, 0.25) is 0 Å². The van der Waals surface area contributed by atoms with Crippen molar-refractivity contribution in [2.45, 2.75) is 6.54 Å². The summed E-state index contributed by atoms with van der Waals surface area (Å²) in [4.78, 5) is 22.4. The molecule has 2 heterocycles. The van der Waals surface area contributed by atoms with Crippen LogP contribution >= 0.6 is 0 Å². The number of carbonyl (C=O) groups is 1. The SMILES string of the molecule is NNc1ccnc(C(=O)NCc2cnc[nH]2)c1. The van der Waals surface area contributed by atoms with Crippen molar-refractivity contribution in [1.82, 2.24) is 20.3 Å². The van der Waals surface area contributed by atoms with Crippen molar-refractivity contribution in [1.29, 1.82) is 0 Å². The van der Waals surface area contributed by atoms with Gasteiger partial charge in [0, 0.05) is 12.4 Å². The molecule has 0 aliphatic heterocycles. The van der Waals surface area contributed by atoms with E-state index in [2.05, 4.69) is 25.7 Å². The number of anilines is 1. The minimum absolute atomic E-state index is 0.267. The van der Waals surface area contributed by atoms with E-state index in [1.54, 1.807) is 24.7 Å². The van der Waals surface area contributed by atoms with E-state index in [1.165, 1.54) is 6.20 Å². The maximum atomic E-state index is 11.7. The third-order valence-corrected chi connectivity index (χ3v) is 2.15. The van der Waals surface area contributed by atoms with Crippen LogP contribution in [0.25, 0.3) is 0 Å². The number of nitrogens with one attached hydrogen (secondary N) is 3. The number of carbonyl (C=O) groups excluding carboxylic acids is 1. The van der Waals surface area contributed by atoms with Gasteiger partial charge in [-0.1, -0.05) is 0 Å². The molecular formula is C10H12N6O. The third kappa shape index (κ3) is 2.79. The van der Waals surface area contributed by atoms with Crippen molar-refractivity contribution in [3.05, 3.63) is 42.2 Å². The molecule has 5 N–H and O–H groups in total. The lowest BCUT2D eigenvalue weighted by molar-refractivity contribution is 0.0945. The van der Waals surface area contributed by atoms with Crippen LogP contribution in [0.5, 0.6) is 0 Å². The molecule has 7 nitrogen and oxygen atoms in total. The minimum atomic E-state index is -0.267. The van der Waals surface area contributed by atoms with Gasteiger partial charge < -0.3 is 15.7 Å². The van der Waals surface area contributed by atoms with Gasteiger partial charge in [-0.3, -0.25) is 15.6 Å². The number of aromatic amines is 1. The van der Waals surface area contributed by atoms with E-state index in [-0.39, 0.29) is 5.91 Å². The topological polar surface area (TPSA) is 109 Å². The normalized spacial score (nSPS) is 9.94. The van der Waals surface area contributed by atoms with Crippen LogP contribution in [-0.4, -0.2) is 20.9 Å². The van der Waals surface area contributed by atoms with E-state index in [4.69, 9.17) is 5.84 Å². The van der Waals surface area contributed by atoms with Gasteiger partial charge in [0.15, 0.2) is 0 Å². The molecule has 1 amide bonds. The highest BCUT2D eigenvalue weighted by atomic mass is 16.1. The molecule has 7 heteroatoms. The van der Waals surface area contributed by atoms with Crippen molar-refractivity contribution >= 4 is 11.6 Å². The monoisotopic (exact) mass is 232 g/mol. The summed E-state index contributed by atoms with van der Waals surface area (Å²) in [6.07, 6.45) is 4.71. The Morgan fingerprint density at radius 1 is 1.53 bits per heavy atom. The highest BCUT2D eigenvalue weighted by Gasteiger charge is 2.07. The Morgan fingerprint density at radius 3 is 3.12 bits per heavy atom. The summed E-state index contributed by atoms with van der Waals surface area (Å²) in [6.45, 7) is 0.376. The number of nitrogen functional groups attached to an aromatic ring is 1. The number of aromatic nitrogens is 3. The number of imidazole rings is 1. The molecule has 0 unspecified atom stereocenters. The second kappa shape index (κ2) is 5.08. The molecule has 0 fully saturated rings. The zero-order valence-electron chi connectivity index (χ0n) is 8.97. The number of nitrogens with zero attached hydrogens (tertiary/aromatic N) is 2. The van der Waals surface area contributed by atoms with Crippen LogP contribution in [0.3, 0.4) is 0 Å². The standard InChI is InChI=1S/C10H12N6O/c11-16-7-1-2-13-9(3-7)10(17)14-5-8-4-12-6-15-8/h1-4,6H,5,11H2,(H,12,15)(H,13,16)(H,14,17). The molecule has 0 spiro atoms. The lowest BCUT2D eigenvalue weighted by Gasteiger charge is -2.04. The Labute approximate surface area is 97.4 Å². The molecule has 0 aliphatic rings. The van der Waals surface area contributed by atoms with E-state index in [1.807, 2.05) is 0 Å². The summed E-state index contributed by atoms with van der Waals surface area (Å²) in [5, 5.41) is 2.71. The molecule has 0 radical (unpaired) electrons. The maximum Gasteiger partial charge on any atom is 0.270 e.